The molecule has 2 amide bonds. The molecule has 1 fully saturated rings. The minimum Gasteiger partial charge on any atom is -0.463 e. The van der Waals surface area contributed by atoms with E-state index >= 15 is 0 Å². The highest BCUT2D eigenvalue weighted by molar-refractivity contribution is 5.86. The molecular formula is C27H38N2O5. The molecule has 0 aliphatic carbocycles. The van der Waals surface area contributed by atoms with Gasteiger partial charge in [0.25, 0.3) is 0 Å². The average molecular weight is 471 g/mol. The van der Waals surface area contributed by atoms with Crippen molar-refractivity contribution in [2.24, 2.45) is 11.8 Å². The quantitative estimate of drug-likeness (QED) is 0.322. The Morgan fingerprint density at radius 3 is 2.50 bits per heavy atom. The molecule has 0 bridgehead atoms. The van der Waals surface area contributed by atoms with Crippen LogP contribution < -0.4 is 5.32 Å². The number of amides is 2. The van der Waals surface area contributed by atoms with Crippen molar-refractivity contribution >= 4 is 17.8 Å². The molecule has 186 valence electrons. The number of carbonyl (C=O) groups is 3. The van der Waals surface area contributed by atoms with E-state index in [-0.39, 0.29) is 55.4 Å². The van der Waals surface area contributed by atoms with E-state index < -0.39 is 5.92 Å². The second-order valence-electron chi connectivity index (χ2n) is 8.95. The third-order valence-corrected chi connectivity index (χ3v) is 6.10. The van der Waals surface area contributed by atoms with Gasteiger partial charge in [0.05, 0.1) is 24.5 Å². The first kappa shape index (κ1) is 27.3. The molecule has 1 saturated heterocycles. The van der Waals surface area contributed by atoms with Gasteiger partial charge in [-0.15, -0.1) is 13.2 Å². The van der Waals surface area contributed by atoms with Crippen molar-refractivity contribution in [3.05, 3.63) is 61.2 Å². The van der Waals surface area contributed by atoms with Gasteiger partial charge in [0, 0.05) is 19.0 Å². The first-order valence-electron chi connectivity index (χ1n) is 12.0. The second-order valence-corrected chi connectivity index (χ2v) is 8.95. The van der Waals surface area contributed by atoms with E-state index in [4.69, 9.17) is 9.84 Å². The Kier molecular flexibility index (Phi) is 11.5. The summed E-state index contributed by atoms with van der Waals surface area (Å²) in [5, 5.41) is 11.8. The number of rotatable bonds is 14. The number of aliphatic hydroxyl groups excluding tert-OH is 1. The van der Waals surface area contributed by atoms with Crippen LogP contribution in [0.25, 0.3) is 0 Å². The van der Waals surface area contributed by atoms with Crippen LogP contribution in [0.1, 0.15) is 44.6 Å². The minimum absolute atomic E-state index is 0.0245. The molecule has 2 N–H and O–H groups in total. The van der Waals surface area contributed by atoms with Gasteiger partial charge in [-0.2, -0.15) is 0 Å². The van der Waals surface area contributed by atoms with Gasteiger partial charge < -0.3 is 20.1 Å². The van der Waals surface area contributed by atoms with Crippen molar-refractivity contribution in [3.63, 3.8) is 0 Å². The molecule has 1 aromatic rings. The largest absolute Gasteiger partial charge is 0.463 e. The normalized spacial score (nSPS) is 17.9. The topological polar surface area (TPSA) is 95.9 Å². The minimum atomic E-state index is -0.536. The second kappa shape index (κ2) is 14.4. The van der Waals surface area contributed by atoms with E-state index in [9.17, 15) is 14.4 Å². The summed E-state index contributed by atoms with van der Waals surface area (Å²) in [7, 11) is 0. The highest BCUT2D eigenvalue weighted by atomic mass is 16.5. The van der Waals surface area contributed by atoms with Crippen LogP contribution in [0.15, 0.2) is 55.6 Å². The number of likely N-dealkylation sites (tertiary alicyclic amines) is 1. The van der Waals surface area contributed by atoms with Gasteiger partial charge in [0.2, 0.25) is 11.8 Å². The van der Waals surface area contributed by atoms with Gasteiger partial charge in [0.1, 0.15) is 6.61 Å². The van der Waals surface area contributed by atoms with Crippen molar-refractivity contribution in [1.82, 2.24) is 10.2 Å². The molecule has 1 aliphatic rings. The Morgan fingerprint density at radius 1 is 1.18 bits per heavy atom. The van der Waals surface area contributed by atoms with Crippen LogP contribution in [0.5, 0.6) is 0 Å². The molecule has 34 heavy (non-hydrogen) atoms. The van der Waals surface area contributed by atoms with Crippen molar-refractivity contribution in [2.45, 2.75) is 57.5 Å². The fourth-order valence-corrected chi connectivity index (χ4v) is 4.27. The zero-order valence-electron chi connectivity index (χ0n) is 20.2. The summed E-state index contributed by atoms with van der Waals surface area (Å²) in [4.78, 5) is 40.1. The highest BCUT2D eigenvalue weighted by Crippen LogP contribution is 2.24. The van der Waals surface area contributed by atoms with E-state index in [1.165, 1.54) is 0 Å². The lowest BCUT2D eigenvalue weighted by Crippen LogP contribution is -2.44. The summed E-state index contributed by atoms with van der Waals surface area (Å²) in [5.74, 6) is -1.56. The molecule has 7 nitrogen and oxygen atoms in total. The van der Waals surface area contributed by atoms with Crippen molar-refractivity contribution in [3.8, 4) is 0 Å². The molecule has 1 heterocycles. The van der Waals surface area contributed by atoms with Gasteiger partial charge in [-0.3, -0.25) is 14.4 Å². The summed E-state index contributed by atoms with van der Waals surface area (Å²) >= 11 is 0. The van der Waals surface area contributed by atoms with Crippen LogP contribution in [0.2, 0.25) is 0 Å². The lowest BCUT2D eigenvalue weighted by Gasteiger charge is -2.29. The molecule has 1 aromatic carbocycles. The van der Waals surface area contributed by atoms with E-state index in [0.717, 1.165) is 18.4 Å². The number of allylic oxidation sites excluding steroid dienone is 2. The Bertz CT molecular complexity index is 826. The van der Waals surface area contributed by atoms with Gasteiger partial charge in [0.15, 0.2) is 0 Å². The summed E-state index contributed by atoms with van der Waals surface area (Å²) < 4.78 is 5.67. The van der Waals surface area contributed by atoms with Gasteiger partial charge >= 0.3 is 5.97 Å². The van der Waals surface area contributed by atoms with Crippen molar-refractivity contribution in [1.29, 1.82) is 0 Å². The maximum Gasteiger partial charge on any atom is 0.309 e. The molecule has 0 saturated carbocycles. The number of benzene rings is 1. The number of nitrogens with one attached hydrogen (secondary N) is 1. The molecular weight excluding hydrogens is 432 g/mol. The zero-order valence-corrected chi connectivity index (χ0v) is 20.2. The summed E-state index contributed by atoms with van der Waals surface area (Å²) in [6.45, 7) is 9.74. The molecule has 4 atom stereocenters. The van der Waals surface area contributed by atoms with Gasteiger partial charge in [-0.25, -0.2) is 0 Å². The summed E-state index contributed by atoms with van der Waals surface area (Å²) in [5.41, 5.74) is 1.06. The van der Waals surface area contributed by atoms with E-state index in [1.807, 2.05) is 30.3 Å². The predicted molar refractivity (Wildman–Crippen MR) is 132 cm³/mol. The fraction of sp³-hybridized carbons (Fsp3) is 0.519. The number of esters is 1. The SMILES string of the molecule is C=CC[C@H](Cc1ccccc1)C(=O)OC[C@@H]1CCCN1C(=O)[C@@H](CC=C)CC(=O)N[C@@H](C)CO. The molecule has 1 aliphatic heterocycles. The lowest BCUT2D eigenvalue weighted by molar-refractivity contribution is -0.152. The van der Waals surface area contributed by atoms with Crippen LogP contribution in [-0.4, -0.2) is 59.6 Å². The summed E-state index contributed by atoms with van der Waals surface area (Å²) in [6.07, 6.45) is 6.42. The number of ether oxygens (including phenoxy) is 1. The van der Waals surface area contributed by atoms with Crippen LogP contribution >= 0.6 is 0 Å². The third-order valence-electron chi connectivity index (χ3n) is 6.10. The first-order chi connectivity index (χ1) is 16.4. The van der Waals surface area contributed by atoms with E-state index in [1.54, 1.807) is 24.0 Å². The Hall–Kier alpha value is -2.93. The lowest BCUT2D eigenvalue weighted by atomic mass is 9.96. The molecule has 2 rings (SSSR count). The molecule has 0 spiro atoms. The molecule has 7 heteroatoms. The first-order valence-corrected chi connectivity index (χ1v) is 12.0. The maximum absolute atomic E-state index is 13.3. The number of hydrogen-bond donors (Lipinski definition) is 2. The molecule has 0 aromatic heterocycles. The Labute approximate surface area is 202 Å². The standard InChI is InChI=1S/C27H38N2O5/c1-4-10-22(17-25(31)28-20(3)18-30)26(32)29-15-9-14-24(29)19-34-27(33)23(11-5-2)16-21-12-7-6-8-13-21/h4-8,12-13,20,22-24,30H,1-2,9-11,14-19H2,3H3,(H,28,31)/t20-,22-,23+,24-/m0/s1. The van der Waals surface area contributed by atoms with E-state index in [2.05, 4.69) is 18.5 Å². The number of hydrogen-bond acceptors (Lipinski definition) is 5. The highest BCUT2D eigenvalue weighted by Gasteiger charge is 2.34. The van der Waals surface area contributed by atoms with Crippen molar-refractivity contribution < 1.29 is 24.2 Å². The molecule has 0 radical (unpaired) electrons. The predicted octanol–water partition coefficient (Wildman–Crippen LogP) is 3.04. The van der Waals surface area contributed by atoms with Gasteiger partial charge in [-0.1, -0.05) is 42.5 Å². The van der Waals surface area contributed by atoms with Gasteiger partial charge in [-0.05, 0) is 44.6 Å². The smallest absolute Gasteiger partial charge is 0.309 e. The van der Waals surface area contributed by atoms with Crippen LogP contribution in [-0.2, 0) is 25.5 Å². The van der Waals surface area contributed by atoms with Crippen molar-refractivity contribution in [2.75, 3.05) is 19.8 Å². The van der Waals surface area contributed by atoms with Crippen LogP contribution in [0.3, 0.4) is 0 Å². The third kappa shape index (κ3) is 8.45. The Balaban J connectivity index is 1.97. The van der Waals surface area contributed by atoms with E-state index in [0.29, 0.717) is 25.8 Å². The summed E-state index contributed by atoms with van der Waals surface area (Å²) in [6, 6.07) is 9.22. The van der Waals surface area contributed by atoms with Crippen LogP contribution in [0, 0.1) is 11.8 Å². The molecule has 0 unspecified atom stereocenters. The zero-order chi connectivity index (χ0) is 24.9. The Morgan fingerprint density at radius 2 is 1.85 bits per heavy atom. The number of aliphatic hydroxyl groups is 1. The monoisotopic (exact) mass is 470 g/mol. The average Bonchev–Trinajstić information content (AvgIpc) is 3.30. The number of carbonyl (C=O) groups excluding carboxylic acids is 3. The van der Waals surface area contributed by atoms with Crippen LogP contribution in [0.4, 0.5) is 0 Å². The number of nitrogens with zero attached hydrogens (tertiary/aromatic N) is 1. The fourth-order valence-electron chi connectivity index (χ4n) is 4.27. The maximum atomic E-state index is 13.3.